The first kappa shape index (κ1) is 27.3. The molecule has 0 radical (unpaired) electrons. The van der Waals surface area contributed by atoms with E-state index in [9.17, 15) is 34.2 Å². The van der Waals surface area contributed by atoms with E-state index in [0.29, 0.717) is 0 Å². The molecule has 0 saturated heterocycles. The number of carbonyl (C=O) groups is 5. The molecule has 12 nitrogen and oxygen atoms in total. The summed E-state index contributed by atoms with van der Waals surface area (Å²) in [6, 6.07) is -5.03. The van der Waals surface area contributed by atoms with Crippen molar-refractivity contribution in [3.05, 3.63) is 0 Å². The molecule has 0 aromatic rings. The summed E-state index contributed by atoms with van der Waals surface area (Å²) in [7, 11) is 0. The highest BCUT2D eigenvalue weighted by molar-refractivity contribution is 5.94. The number of carboxylic acid groups (broad SMARTS) is 2. The SMILES string of the molecule is CC(C)CC(NC(=O)C(CCC(=O)O)NC(=O)C(NC(=O)C(C)N)C(C)O)C(=O)O. The van der Waals surface area contributed by atoms with Crippen molar-refractivity contribution >= 4 is 29.7 Å². The molecule has 0 spiro atoms. The Hall–Kier alpha value is -2.73. The Morgan fingerprint density at radius 1 is 0.833 bits per heavy atom. The Balaban J connectivity index is 5.45. The Morgan fingerprint density at radius 2 is 1.37 bits per heavy atom. The lowest BCUT2D eigenvalue weighted by molar-refractivity contribution is -0.143. The van der Waals surface area contributed by atoms with E-state index in [1.807, 2.05) is 0 Å². The summed E-state index contributed by atoms with van der Waals surface area (Å²) in [5.74, 6) is -5.10. The number of aliphatic hydroxyl groups is 1. The van der Waals surface area contributed by atoms with Crippen LogP contribution in [-0.2, 0) is 24.0 Å². The molecule has 0 aliphatic carbocycles. The van der Waals surface area contributed by atoms with E-state index < -0.39 is 66.4 Å². The molecule has 0 bridgehead atoms. The fourth-order valence-electron chi connectivity index (χ4n) is 2.45. The average Bonchev–Trinajstić information content (AvgIpc) is 2.60. The summed E-state index contributed by atoms with van der Waals surface area (Å²) in [5.41, 5.74) is 5.43. The number of carboxylic acids is 2. The van der Waals surface area contributed by atoms with Crippen LogP contribution in [-0.4, -0.2) is 75.3 Å². The smallest absolute Gasteiger partial charge is 0.326 e. The largest absolute Gasteiger partial charge is 0.481 e. The summed E-state index contributed by atoms with van der Waals surface area (Å²) >= 11 is 0. The number of nitrogens with one attached hydrogen (secondary N) is 3. The van der Waals surface area contributed by atoms with Crippen LogP contribution in [0.1, 0.15) is 47.0 Å². The highest BCUT2D eigenvalue weighted by atomic mass is 16.4. The summed E-state index contributed by atoms with van der Waals surface area (Å²) < 4.78 is 0. The third kappa shape index (κ3) is 10.2. The van der Waals surface area contributed by atoms with E-state index >= 15 is 0 Å². The lowest BCUT2D eigenvalue weighted by Gasteiger charge is -2.26. The maximum Gasteiger partial charge on any atom is 0.326 e. The quantitative estimate of drug-likeness (QED) is 0.174. The zero-order valence-corrected chi connectivity index (χ0v) is 17.5. The van der Waals surface area contributed by atoms with Crippen molar-refractivity contribution in [2.45, 2.75) is 77.2 Å². The molecule has 0 aliphatic rings. The third-order valence-corrected chi connectivity index (χ3v) is 4.08. The van der Waals surface area contributed by atoms with Crippen LogP contribution in [0.15, 0.2) is 0 Å². The molecule has 5 unspecified atom stereocenters. The van der Waals surface area contributed by atoms with Gasteiger partial charge in [-0.1, -0.05) is 13.8 Å². The number of aliphatic hydroxyl groups excluding tert-OH is 1. The van der Waals surface area contributed by atoms with Gasteiger partial charge in [0.05, 0.1) is 12.1 Å². The van der Waals surface area contributed by atoms with Gasteiger partial charge in [-0.25, -0.2) is 4.79 Å². The lowest BCUT2D eigenvalue weighted by Crippen LogP contribution is -2.59. The van der Waals surface area contributed by atoms with Crippen molar-refractivity contribution < 1.29 is 39.3 Å². The monoisotopic (exact) mass is 432 g/mol. The van der Waals surface area contributed by atoms with E-state index in [-0.39, 0.29) is 18.8 Å². The molecule has 172 valence electrons. The number of hydrogen-bond acceptors (Lipinski definition) is 7. The van der Waals surface area contributed by atoms with Gasteiger partial charge in [0.25, 0.3) is 0 Å². The number of nitrogens with two attached hydrogens (primary N) is 1. The first-order valence-corrected chi connectivity index (χ1v) is 9.55. The van der Waals surface area contributed by atoms with Crippen LogP contribution in [0.3, 0.4) is 0 Å². The third-order valence-electron chi connectivity index (χ3n) is 4.08. The molecule has 0 fully saturated rings. The Morgan fingerprint density at radius 3 is 1.77 bits per heavy atom. The van der Waals surface area contributed by atoms with Gasteiger partial charge >= 0.3 is 11.9 Å². The molecule has 0 aliphatic heterocycles. The highest BCUT2D eigenvalue weighted by Crippen LogP contribution is 2.07. The lowest BCUT2D eigenvalue weighted by atomic mass is 10.0. The zero-order valence-electron chi connectivity index (χ0n) is 17.5. The van der Waals surface area contributed by atoms with Crippen LogP contribution in [0.5, 0.6) is 0 Å². The number of carbonyl (C=O) groups excluding carboxylic acids is 3. The van der Waals surface area contributed by atoms with Gasteiger partial charge in [-0.15, -0.1) is 0 Å². The molecule has 30 heavy (non-hydrogen) atoms. The van der Waals surface area contributed by atoms with Crippen molar-refractivity contribution in [2.75, 3.05) is 0 Å². The first-order chi connectivity index (χ1) is 13.8. The van der Waals surface area contributed by atoms with Crippen molar-refractivity contribution in [3.63, 3.8) is 0 Å². The minimum atomic E-state index is -1.45. The van der Waals surface area contributed by atoms with Crippen LogP contribution in [0.4, 0.5) is 0 Å². The van der Waals surface area contributed by atoms with E-state index in [2.05, 4.69) is 16.0 Å². The van der Waals surface area contributed by atoms with Gasteiger partial charge in [0.15, 0.2) is 0 Å². The molecule has 0 heterocycles. The summed E-state index contributed by atoms with van der Waals surface area (Å²) in [6.07, 6.45) is -2.02. The predicted octanol–water partition coefficient (Wildman–Crippen LogP) is -1.84. The Bertz CT molecular complexity index is 636. The molecular formula is C18H32N4O8. The van der Waals surface area contributed by atoms with Gasteiger partial charge in [0.1, 0.15) is 18.1 Å². The molecule has 0 rings (SSSR count). The summed E-state index contributed by atoms with van der Waals surface area (Å²) in [6.45, 7) is 6.14. The molecule has 12 heteroatoms. The minimum Gasteiger partial charge on any atom is -0.481 e. The maximum absolute atomic E-state index is 12.6. The van der Waals surface area contributed by atoms with E-state index in [1.165, 1.54) is 13.8 Å². The van der Waals surface area contributed by atoms with E-state index in [0.717, 1.165) is 0 Å². The van der Waals surface area contributed by atoms with Crippen LogP contribution in [0.2, 0.25) is 0 Å². The molecule has 0 saturated carbocycles. The number of aliphatic carboxylic acids is 2. The second-order valence-corrected chi connectivity index (χ2v) is 7.54. The van der Waals surface area contributed by atoms with Crippen molar-refractivity contribution in [2.24, 2.45) is 11.7 Å². The van der Waals surface area contributed by atoms with Gasteiger partial charge in [0.2, 0.25) is 17.7 Å². The van der Waals surface area contributed by atoms with Gasteiger partial charge in [-0.05, 0) is 32.6 Å². The van der Waals surface area contributed by atoms with Crippen molar-refractivity contribution in [1.82, 2.24) is 16.0 Å². The van der Waals surface area contributed by atoms with Gasteiger partial charge in [-0.3, -0.25) is 19.2 Å². The molecule has 0 aromatic carbocycles. The number of hydrogen-bond donors (Lipinski definition) is 7. The average molecular weight is 432 g/mol. The molecular weight excluding hydrogens is 400 g/mol. The van der Waals surface area contributed by atoms with E-state index in [1.54, 1.807) is 13.8 Å². The summed E-state index contributed by atoms with van der Waals surface area (Å²) in [5, 5.41) is 34.8. The fourth-order valence-corrected chi connectivity index (χ4v) is 2.45. The number of amides is 3. The standard InChI is InChI=1S/C18H32N4O8/c1-8(2)7-12(18(29)30)21-16(27)11(5-6-13(24)25)20-17(28)14(10(4)23)22-15(26)9(3)19/h8-12,14,23H,5-7,19H2,1-4H3,(H,20,28)(H,21,27)(H,22,26)(H,24,25)(H,29,30). The van der Waals surface area contributed by atoms with Crippen molar-refractivity contribution in [3.8, 4) is 0 Å². The van der Waals surface area contributed by atoms with Gasteiger partial charge in [0, 0.05) is 6.42 Å². The molecule has 0 aromatic heterocycles. The first-order valence-electron chi connectivity index (χ1n) is 9.55. The Kier molecular flexibility index (Phi) is 11.6. The van der Waals surface area contributed by atoms with Gasteiger partial charge in [-0.2, -0.15) is 0 Å². The molecule has 3 amide bonds. The molecule has 8 N–H and O–H groups in total. The number of rotatable bonds is 13. The topological polar surface area (TPSA) is 208 Å². The molecule has 5 atom stereocenters. The zero-order chi connectivity index (χ0) is 23.6. The second-order valence-electron chi connectivity index (χ2n) is 7.54. The Labute approximate surface area is 174 Å². The van der Waals surface area contributed by atoms with Crippen LogP contribution in [0, 0.1) is 5.92 Å². The predicted molar refractivity (Wildman–Crippen MR) is 105 cm³/mol. The van der Waals surface area contributed by atoms with Crippen LogP contribution < -0.4 is 21.7 Å². The maximum atomic E-state index is 12.6. The fraction of sp³-hybridized carbons (Fsp3) is 0.722. The summed E-state index contributed by atoms with van der Waals surface area (Å²) in [4.78, 5) is 59.1. The van der Waals surface area contributed by atoms with Crippen molar-refractivity contribution in [1.29, 1.82) is 0 Å². The minimum absolute atomic E-state index is 0.0495. The highest BCUT2D eigenvalue weighted by Gasteiger charge is 2.32. The second kappa shape index (κ2) is 12.8. The normalized spacial score (nSPS) is 16.0. The van der Waals surface area contributed by atoms with Crippen LogP contribution >= 0.6 is 0 Å². The van der Waals surface area contributed by atoms with Gasteiger partial charge < -0.3 is 37.0 Å². The van der Waals surface area contributed by atoms with E-state index in [4.69, 9.17) is 10.8 Å². The van der Waals surface area contributed by atoms with Crippen LogP contribution in [0.25, 0.3) is 0 Å².